The zero-order valence-corrected chi connectivity index (χ0v) is 21.2. The second kappa shape index (κ2) is 11.2. The maximum Gasteiger partial charge on any atom is 0.270 e. The van der Waals surface area contributed by atoms with Crippen LogP contribution < -0.4 is 5.32 Å². The normalized spacial score (nSPS) is 12.0. The topological polar surface area (TPSA) is 46.9 Å². The van der Waals surface area contributed by atoms with Crippen LogP contribution in [0, 0.1) is 0 Å². The number of nitrogens with one attached hydrogen (secondary N) is 1. The molecule has 1 atom stereocenters. The van der Waals surface area contributed by atoms with Gasteiger partial charge in [-0.15, -0.1) is 0 Å². The molecule has 4 heteroatoms. The summed E-state index contributed by atoms with van der Waals surface area (Å²) in [5.41, 5.74) is 5.67. The predicted molar refractivity (Wildman–Crippen MR) is 144 cm³/mol. The molecular weight excluding hydrogens is 430 g/mol. The Kier molecular flexibility index (Phi) is 7.81. The molecule has 4 aromatic rings. The standard InChI is InChI=1S/C31H35N3O/c1-5-14-27(23-15-9-7-10-16-23)32-31(35)29-28(26-20-13-19-25(21-26)22(3)4)33-30(34(29)6-2)24-17-11-8-12-18-24/h7-13,15-22,27H,5-6,14H2,1-4H3,(H,32,35). The van der Waals surface area contributed by atoms with Crippen molar-refractivity contribution in [2.75, 3.05) is 0 Å². The van der Waals surface area contributed by atoms with Crippen LogP contribution in [-0.2, 0) is 6.54 Å². The molecule has 0 fully saturated rings. The van der Waals surface area contributed by atoms with E-state index in [9.17, 15) is 4.79 Å². The Hall–Kier alpha value is -3.66. The van der Waals surface area contributed by atoms with Gasteiger partial charge >= 0.3 is 0 Å². The number of nitrogens with zero attached hydrogens (tertiary/aromatic N) is 2. The molecule has 0 spiro atoms. The Morgan fingerprint density at radius 2 is 1.49 bits per heavy atom. The second-order valence-corrected chi connectivity index (χ2v) is 9.25. The SMILES string of the molecule is CCCC(NC(=O)c1c(-c2cccc(C(C)C)c2)nc(-c2ccccc2)n1CC)c1ccccc1. The molecule has 1 N–H and O–H groups in total. The van der Waals surface area contributed by atoms with Crippen molar-refractivity contribution in [3.05, 3.63) is 102 Å². The van der Waals surface area contributed by atoms with Crippen LogP contribution in [0.3, 0.4) is 0 Å². The van der Waals surface area contributed by atoms with E-state index in [1.165, 1.54) is 5.56 Å². The van der Waals surface area contributed by atoms with Gasteiger partial charge in [-0.05, 0) is 36.5 Å². The molecule has 0 saturated carbocycles. The average molecular weight is 466 g/mol. The summed E-state index contributed by atoms with van der Waals surface area (Å²) in [5, 5.41) is 3.34. The minimum Gasteiger partial charge on any atom is -0.344 e. The average Bonchev–Trinajstić information content (AvgIpc) is 3.29. The Bertz CT molecular complexity index is 1260. The van der Waals surface area contributed by atoms with Crippen LogP contribution in [-0.4, -0.2) is 15.5 Å². The van der Waals surface area contributed by atoms with E-state index in [1.807, 2.05) is 48.5 Å². The van der Waals surface area contributed by atoms with Crippen molar-refractivity contribution in [1.29, 1.82) is 0 Å². The number of carbonyl (C=O) groups is 1. The van der Waals surface area contributed by atoms with Gasteiger partial charge in [-0.2, -0.15) is 0 Å². The molecule has 0 aliphatic heterocycles. The number of hydrogen-bond donors (Lipinski definition) is 1. The fourth-order valence-corrected chi connectivity index (χ4v) is 4.57. The zero-order valence-electron chi connectivity index (χ0n) is 21.2. The fourth-order valence-electron chi connectivity index (χ4n) is 4.57. The van der Waals surface area contributed by atoms with E-state index in [4.69, 9.17) is 4.98 Å². The molecule has 180 valence electrons. The van der Waals surface area contributed by atoms with E-state index < -0.39 is 0 Å². The second-order valence-electron chi connectivity index (χ2n) is 9.25. The highest BCUT2D eigenvalue weighted by atomic mass is 16.2. The van der Waals surface area contributed by atoms with Crippen molar-refractivity contribution < 1.29 is 4.79 Å². The number of rotatable bonds is 9. The van der Waals surface area contributed by atoms with Crippen LogP contribution in [0.2, 0.25) is 0 Å². The third-order valence-corrected chi connectivity index (χ3v) is 6.44. The van der Waals surface area contributed by atoms with E-state index in [1.54, 1.807) is 0 Å². The first-order valence-corrected chi connectivity index (χ1v) is 12.7. The zero-order chi connectivity index (χ0) is 24.8. The first-order chi connectivity index (χ1) is 17.0. The number of amides is 1. The quantitative estimate of drug-likeness (QED) is 0.276. The van der Waals surface area contributed by atoms with Crippen molar-refractivity contribution in [2.45, 2.75) is 59.0 Å². The summed E-state index contributed by atoms with van der Waals surface area (Å²) in [6.07, 6.45) is 1.85. The molecule has 0 aliphatic rings. The van der Waals surface area contributed by atoms with E-state index in [0.29, 0.717) is 18.2 Å². The lowest BCUT2D eigenvalue weighted by Gasteiger charge is -2.20. The number of imidazole rings is 1. The number of aromatic nitrogens is 2. The van der Waals surface area contributed by atoms with Gasteiger partial charge in [0, 0.05) is 17.7 Å². The summed E-state index contributed by atoms with van der Waals surface area (Å²) < 4.78 is 2.05. The van der Waals surface area contributed by atoms with E-state index >= 15 is 0 Å². The summed E-state index contributed by atoms with van der Waals surface area (Å²) in [5.74, 6) is 1.12. The molecule has 4 nitrogen and oxygen atoms in total. The van der Waals surface area contributed by atoms with Gasteiger partial charge in [0.2, 0.25) is 0 Å². The minimum absolute atomic E-state index is 0.0519. The Labute approximate surface area is 209 Å². The first kappa shape index (κ1) is 24.5. The van der Waals surface area contributed by atoms with E-state index in [2.05, 4.69) is 74.0 Å². The van der Waals surface area contributed by atoms with Crippen molar-refractivity contribution in [1.82, 2.24) is 14.9 Å². The summed E-state index contributed by atoms with van der Waals surface area (Å²) >= 11 is 0. The van der Waals surface area contributed by atoms with Gasteiger partial charge in [0.05, 0.1) is 6.04 Å². The molecule has 1 unspecified atom stereocenters. The summed E-state index contributed by atoms with van der Waals surface area (Å²) in [6, 6.07) is 28.7. The van der Waals surface area contributed by atoms with Crippen molar-refractivity contribution in [2.24, 2.45) is 0 Å². The fraction of sp³-hybridized carbons (Fsp3) is 0.290. The predicted octanol–water partition coefficient (Wildman–Crippen LogP) is 7.63. The van der Waals surface area contributed by atoms with Crippen molar-refractivity contribution >= 4 is 5.91 Å². The van der Waals surface area contributed by atoms with Crippen molar-refractivity contribution in [3.63, 3.8) is 0 Å². The van der Waals surface area contributed by atoms with E-state index in [0.717, 1.165) is 41.1 Å². The molecule has 1 aromatic heterocycles. The number of carbonyl (C=O) groups excluding carboxylic acids is 1. The smallest absolute Gasteiger partial charge is 0.270 e. The highest BCUT2D eigenvalue weighted by Crippen LogP contribution is 2.32. The molecule has 4 rings (SSSR count). The monoisotopic (exact) mass is 465 g/mol. The van der Waals surface area contributed by atoms with E-state index in [-0.39, 0.29) is 11.9 Å². The largest absolute Gasteiger partial charge is 0.344 e. The maximum absolute atomic E-state index is 14.0. The highest BCUT2D eigenvalue weighted by Gasteiger charge is 2.26. The molecule has 0 radical (unpaired) electrons. The lowest BCUT2D eigenvalue weighted by Crippen LogP contribution is -2.30. The number of benzene rings is 3. The van der Waals surface area contributed by atoms with Crippen LogP contribution in [0.25, 0.3) is 22.6 Å². The van der Waals surface area contributed by atoms with Gasteiger partial charge in [0.1, 0.15) is 17.2 Å². The maximum atomic E-state index is 14.0. The Morgan fingerprint density at radius 3 is 2.11 bits per heavy atom. The van der Waals surface area contributed by atoms with Gasteiger partial charge < -0.3 is 9.88 Å². The van der Waals surface area contributed by atoms with Crippen LogP contribution in [0.15, 0.2) is 84.9 Å². The van der Waals surface area contributed by atoms with Gasteiger partial charge in [0.25, 0.3) is 5.91 Å². The molecule has 1 heterocycles. The van der Waals surface area contributed by atoms with Gasteiger partial charge in [-0.3, -0.25) is 4.79 Å². The molecule has 0 aliphatic carbocycles. The summed E-state index contributed by atoms with van der Waals surface area (Å²) in [4.78, 5) is 19.0. The summed E-state index contributed by atoms with van der Waals surface area (Å²) in [6.45, 7) is 9.23. The Balaban J connectivity index is 1.84. The third-order valence-electron chi connectivity index (χ3n) is 6.44. The van der Waals surface area contributed by atoms with Crippen LogP contribution >= 0.6 is 0 Å². The third kappa shape index (κ3) is 5.37. The lowest BCUT2D eigenvalue weighted by molar-refractivity contribution is 0.0926. The van der Waals surface area contributed by atoms with Gasteiger partial charge in [-0.25, -0.2) is 4.98 Å². The molecular formula is C31H35N3O. The lowest BCUT2D eigenvalue weighted by atomic mass is 9.98. The van der Waals surface area contributed by atoms with Crippen molar-refractivity contribution in [3.8, 4) is 22.6 Å². The number of hydrogen-bond acceptors (Lipinski definition) is 2. The van der Waals surface area contributed by atoms with Gasteiger partial charge in [-0.1, -0.05) is 106 Å². The minimum atomic E-state index is -0.0891. The first-order valence-electron chi connectivity index (χ1n) is 12.7. The van der Waals surface area contributed by atoms with Crippen LogP contribution in [0.1, 0.15) is 74.1 Å². The van der Waals surface area contributed by atoms with Crippen LogP contribution in [0.4, 0.5) is 0 Å². The Morgan fingerprint density at radius 1 is 0.857 bits per heavy atom. The summed E-state index contributed by atoms with van der Waals surface area (Å²) in [7, 11) is 0. The molecule has 35 heavy (non-hydrogen) atoms. The molecule has 0 bridgehead atoms. The molecule has 0 saturated heterocycles. The molecule has 3 aromatic carbocycles. The highest BCUT2D eigenvalue weighted by molar-refractivity contribution is 6.00. The van der Waals surface area contributed by atoms with Crippen LogP contribution in [0.5, 0.6) is 0 Å². The van der Waals surface area contributed by atoms with Gasteiger partial charge in [0.15, 0.2) is 0 Å². The molecule has 1 amide bonds.